The van der Waals surface area contributed by atoms with Gasteiger partial charge < -0.3 is 9.05 Å². The van der Waals surface area contributed by atoms with Crippen LogP contribution in [0.4, 0.5) is 0 Å². The van der Waals surface area contributed by atoms with Crippen molar-refractivity contribution in [2.45, 2.75) is 97.9 Å². The number of rotatable bonds is 10. The smallest absolute Gasteiger partial charge is 0.304 e. The second-order valence-electron chi connectivity index (χ2n) is 11.9. The van der Waals surface area contributed by atoms with Gasteiger partial charge in [0.05, 0.1) is 12.2 Å². The summed E-state index contributed by atoms with van der Waals surface area (Å²) in [6.45, 7) is 12.7. The van der Waals surface area contributed by atoms with Crippen molar-refractivity contribution >= 4 is 7.60 Å². The van der Waals surface area contributed by atoms with Crippen molar-refractivity contribution < 1.29 is 18.5 Å². The molecule has 0 bridgehead atoms. The second-order valence-corrected chi connectivity index (χ2v) is 14.0. The molecule has 2 aliphatic carbocycles. The van der Waals surface area contributed by atoms with Crippen molar-refractivity contribution in [3.05, 3.63) is 46.0 Å². The average molecular weight is 508 g/mol. The van der Waals surface area contributed by atoms with Gasteiger partial charge in [-0.25, -0.2) is 0 Å². The maximum Gasteiger partial charge on any atom is 0.345 e. The molecule has 1 aromatic rings. The quantitative estimate of drug-likeness (QED) is 0.181. The summed E-state index contributed by atoms with van der Waals surface area (Å²) < 4.78 is 28.3. The third-order valence-corrected chi connectivity index (χ3v) is 10.7. The van der Waals surface area contributed by atoms with Crippen molar-refractivity contribution in [2.24, 2.45) is 35.5 Å². The lowest BCUT2D eigenvalue weighted by Crippen LogP contribution is -2.37. The van der Waals surface area contributed by atoms with Crippen LogP contribution < -0.4 is 0 Å². The van der Waals surface area contributed by atoms with Gasteiger partial charge in [0.25, 0.3) is 0 Å². The Morgan fingerprint density at radius 1 is 0.886 bits per heavy atom. The minimum atomic E-state index is -3.89. The van der Waals surface area contributed by atoms with Gasteiger partial charge in [-0.3, -0.25) is 14.7 Å². The predicted octanol–water partition coefficient (Wildman–Crippen LogP) is 8.15. The zero-order valence-corrected chi connectivity index (χ0v) is 23.4. The van der Waals surface area contributed by atoms with Crippen LogP contribution in [0.5, 0.6) is 0 Å². The van der Waals surface area contributed by atoms with Crippen molar-refractivity contribution in [1.82, 2.24) is 0 Å². The molecule has 1 aromatic carbocycles. The van der Waals surface area contributed by atoms with Gasteiger partial charge in [0.15, 0.2) is 5.66 Å². The van der Waals surface area contributed by atoms with Crippen molar-refractivity contribution in [3.63, 3.8) is 0 Å². The first-order valence-corrected chi connectivity index (χ1v) is 15.2. The number of benzene rings is 1. The molecule has 0 amide bonds. The van der Waals surface area contributed by atoms with Crippen molar-refractivity contribution in [1.29, 1.82) is 0 Å². The Bertz CT molecular complexity index is 822. The summed E-state index contributed by atoms with van der Waals surface area (Å²) in [5.41, 5.74) is -0.267. The molecule has 2 aliphatic rings. The Morgan fingerprint density at radius 2 is 1.34 bits per heavy atom. The van der Waals surface area contributed by atoms with Gasteiger partial charge >= 0.3 is 7.60 Å². The molecule has 0 radical (unpaired) electrons. The van der Waals surface area contributed by atoms with Gasteiger partial charge in [0, 0.05) is 4.92 Å². The largest absolute Gasteiger partial charge is 0.345 e. The second kappa shape index (κ2) is 12.3. The molecule has 8 atom stereocenters. The number of nitrogens with zero attached hydrogens (tertiary/aromatic N) is 1. The van der Waals surface area contributed by atoms with Gasteiger partial charge in [0.1, 0.15) is 0 Å². The maximum absolute atomic E-state index is 15.0. The van der Waals surface area contributed by atoms with E-state index in [4.69, 9.17) is 9.05 Å². The highest BCUT2D eigenvalue weighted by molar-refractivity contribution is 7.54. The highest BCUT2D eigenvalue weighted by Crippen LogP contribution is 2.65. The Hall–Kier alpha value is -1.23. The van der Waals surface area contributed by atoms with Crippen LogP contribution in [0.15, 0.2) is 30.3 Å². The van der Waals surface area contributed by atoms with Crippen LogP contribution in [-0.4, -0.2) is 23.7 Å². The van der Waals surface area contributed by atoms with E-state index in [2.05, 4.69) is 41.5 Å². The third-order valence-electron chi connectivity index (χ3n) is 8.38. The lowest BCUT2D eigenvalue weighted by Gasteiger charge is -2.43. The molecule has 2 saturated carbocycles. The van der Waals surface area contributed by atoms with Crippen molar-refractivity contribution in [2.75, 3.05) is 6.54 Å². The molecule has 1 unspecified atom stereocenters. The van der Waals surface area contributed by atoms with Crippen LogP contribution in [0, 0.1) is 45.6 Å². The zero-order valence-electron chi connectivity index (χ0n) is 22.5. The van der Waals surface area contributed by atoms with E-state index in [1.807, 2.05) is 30.3 Å². The monoisotopic (exact) mass is 507 g/mol. The summed E-state index contributed by atoms with van der Waals surface area (Å²) in [4.78, 5) is 11.5. The van der Waals surface area contributed by atoms with Gasteiger partial charge in [-0.1, -0.05) is 84.7 Å². The molecule has 7 heteroatoms. The summed E-state index contributed by atoms with van der Waals surface area (Å²) in [6.07, 6.45) is 5.46. The molecule has 0 saturated heterocycles. The molecule has 198 valence electrons. The summed E-state index contributed by atoms with van der Waals surface area (Å²) in [5.74, 6) is 2.22. The minimum Gasteiger partial charge on any atom is -0.304 e. The Labute approximate surface area is 212 Å². The molecule has 0 aromatic heterocycles. The van der Waals surface area contributed by atoms with E-state index < -0.39 is 19.8 Å². The molecule has 0 N–H and O–H groups in total. The fraction of sp³-hybridized carbons (Fsp3) is 0.786. The van der Waals surface area contributed by atoms with E-state index in [-0.39, 0.29) is 29.0 Å². The predicted molar refractivity (Wildman–Crippen MR) is 141 cm³/mol. The fourth-order valence-corrected chi connectivity index (χ4v) is 8.68. The highest BCUT2D eigenvalue weighted by atomic mass is 31.2. The lowest BCUT2D eigenvalue weighted by molar-refractivity contribution is -0.480. The van der Waals surface area contributed by atoms with E-state index in [9.17, 15) is 14.7 Å². The summed E-state index contributed by atoms with van der Waals surface area (Å²) in [5, 5.41) is 11.8. The van der Waals surface area contributed by atoms with Crippen LogP contribution in [0.1, 0.15) is 91.3 Å². The van der Waals surface area contributed by atoms with E-state index >= 15 is 0 Å². The topological polar surface area (TPSA) is 78.7 Å². The normalized spacial score (nSPS) is 32.3. The molecule has 0 heterocycles. The molecule has 3 rings (SSSR count). The molecule has 6 nitrogen and oxygen atoms in total. The first kappa shape index (κ1) is 28.3. The number of hydrogen-bond acceptors (Lipinski definition) is 5. The van der Waals surface area contributed by atoms with Crippen LogP contribution in [0.25, 0.3) is 0 Å². The molecule has 0 aliphatic heterocycles. The molecule has 35 heavy (non-hydrogen) atoms. The maximum atomic E-state index is 15.0. The van der Waals surface area contributed by atoms with Gasteiger partial charge in [-0.05, 0) is 66.8 Å². The SMILES string of the molecule is CC(C)[C@H]1CC[C@@H](C)C[C@H]1OP(=O)(O[C@@H]1C[C@H](C)CC[C@H]1C(C)C)[C@@H](C[N+](=O)[O-])c1ccccc1. The van der Waals surface area contributed by atoms with E-state index in [0.29, 0.717) is 29.2 Å². The van der Waals surface area contributed by atoms with Crippen molar-refractivity contribution in [3.8, 4) is 0 Å². The van der Waals surface area contributed by atoms with E-state index in [0.717, 1.165) is 38.5 Å². The Balaban J connectivity index is 2.03. The van der Waals surface area contributed by atoms with Crippen LogP contribution in [0.2, 0.25) is 0 Å². The fourth-order valence-electron chi connectivity index (χ4n) is 6.23. The van der Waals surface area contributed by atoms with Gasteiger partial charge in [0.2, 0.25) is 6.54 Å². The Kier molecular flexibility index (Phi) is 9.99. The first-order chi connectivity index (χ1) is 16.5. The van der Waals surface area contributed by atoms with Crippen LogP contribution in [0.3, 0.4) is 0 Å². The summed E-state index contributed by atoms with van der Waals surface area (Å²) in [7, 11) is -3.89. The molecular formula is C28H46NO5P. The third kappa shape index (κ3) is 7.40. The molecule has 0 spiro atoms. The average Bonchev–Trinajstić information content (AvgIpc) is 2.77. The summed E-state index contributed by atoms with van der Waals surface area (Å²) in [6, 6.07) is 9.19. The van der Waals surface area contributed by atoms with E-state index in [1.54, 1.807) is 0 Å². The summed E-state index contributed by atoms with van der Waals surface area (Å²) >= 11 is 0. The molecular weight excluding hydrogens is 461 g/mol. The molecule has 2 fully saturated rings. The highest BCUT2D eigenvalue weighted by Gasteiger charge is 2.48. The van der Waals surface area contributed by atoms with Gasteiger partial charge in [-0.2, -0.15) is 0 Å². The first-order valence-electron chi connectivity index (χ1n) is 13.6. The number of nitro groups is 1. The minimum absolute atomic E-state index is 0.221. The lowest BCUT2D eigenvalue weighted by atomic mass is 9.75. The van der Waals surface area contributed by atoms with E-state index in [1.165, 1.54) is 0 Å². The Morgan fingerprint density at radius 3 is 1.74 bits per heavy atom. The van der Waals surface area contributed by atoms with Crippen LogP contribution in [-0.2, 0) is 13.6 Å². The van der Waals surface area contributed by atoms with Gasteiger partial charge in [-0.15, -0.1) is 0 Å². The zero-order chi connectivity index (χ0) is 25.8. The standard InChI is InChI=1S/C28H46NO5P/c1-19(2)24-14-12-21(5)16-26(24)33-35(32,28(18-29(30)31)23-10-8-7-9-11-23)34-27-17-22(6)13-15-25(27)20(3)4/h7-11,19-22,24-28H,12-18H2,1-6H3/t21-,22-,24-,25+,26-,27-,28+,35?/m1/s1. The van der Waals surface area contributed by atoms with Crippen LogP contribution >= 0.6 is 7.60 Å². The number of hydrogen-bond donors (Lipinski definition) is 0.